The van der Waals surface area contributed by atoms with E-state index in [0.717, 1.165) is 31.4 Å². The van der Waals surface area contributed by atoms with Gasteiger partial charge in [0.25, 0.3) is 0 Å². The van der Waals surface area contributed by atoms with Crippen LogP contribution in [0, 0.1) is 0 Å². The fourth-order valence-electron chi connectivity index (χ4n) is 2.81. The lowest BCUT2D eigenvalue weighted by Gasteiger charge is -2.14. The number of nitrogens with two attached hydrogens (primary N) is 1. The minimum absolute atomic E-state index is 0.307. The van der Waals surface area contributed by atoms with Crippen molar-refractivity contribution in [3.8, 4) is 5.88 Å². The van der Waals surface area contributed by atoms with Gasteiger partial charge in [-0.25, -0.2) is 9.98 Å². The van der Waals surface area contributed by atoms with Gasteiger partial charge in [0.05, 0.1) is 6.54 Å². The molecule has 0 radical (unpaired) electrons. The smallest absolute Gasteiger partial charge is 0.218 e. The average molecular weight is 318 g/mol. The topological polar surface area (TPSA) is 72.5 Å². The van der Waals surface area contributed by atoms with Crippen LogP contribution in [0.15, 0.2) is 23.3 Å². The van der Waals surface area contributed by atoms with Gasteiger partial charge in [-0.2, -0.15) is 0 Å². The Kier molecular flexibility index (Phi) is 7.70. The number of nitrogens with zero attached hydrogens (tertiary/aromatic N) is 2. The lowest BCUT2D eigenvalue weighted by molar-refractivity contribution is 0.199. The minimum atomic E-state index is 0.307. The normalized spacial score (nSPS) is 15.8. The molecule has 0 aliphatic heterocycles. The zero-order valence-corrected chi connectivity index (χ0v) is 14.3. The molecular formula is C18H30N4O. The molecule has 0 aromatic carbocycles. The first-order valence-corrected chi connectivity index (χ1v) is 8.94. The second-order valence-corrected chi connectivity index (χ2v) is 6.18. The maximum absolute atomic E-state index is 6.02. The van der Waals surface area contributed by atoms with Crippen LogP contribution in [0.1, 0.15) is 63.9 Å². The number of ether oxygens (including phenoxy) is 1. The van der Waals surface area contributed by atoms with E-state index < -0.39 is 0 Å². The highest BCUT2D eigenvalue weighted by molar-refractivity contribution is 5.77. The van der Waals surface area contributed by atoms with Gasteiger partial charge >= 0.3 is 0 Å². The maximum atomic E-state index is 6.02. The van der Waals surface area contributed by atoms with Crippen molar-refractivity contribution < 1.29 is 4.74 Å². The molecule has 0 bridgehead atoms. The highest BCUT2D eigenvalue weighted by atomic mass is 16.5. The van der Waals surface area contributed by atoms with Crippen molar-refractivity contribution in [3.63, 3.8) is 0 Å². The maximum Gasteiger partial charge on any atom is 0.218 e. The van der Waals surface area contributed by atoms with E-state index in [1.54, 1.807) is 6.20 Å². The van der Waals surface area contributed by atoms with E-state index >= 15 is 0 Å². The van der Waals surface area contributed by atoms with E-state index in [-0.39, 0.29) is 0 Å². The average Bonchev–Trinajstić information content (AvgIpc) is 3.07. The van der Waals surface area contributed by atoms with Gasteiger partial charge in [0.15, 0.2) is 5.96 Å². The van der Waals surface area contributed by atoms with Crippen molar-refractivity contribution >= 4 is 5.96 Å². The van der Waals surface area contributed by atoms with Crippen LogP contribution in [0.25, 0.3) is 0 Å². The zero-order chi connectivity index (χ0) is 16.3. The Labute approximate surface area is 139 Å². The summed E-state index contributed by atoms with van der Waals surface area (Å²) in [5, 5.41) is 3.17. The molecule has 5 heteroatoms. The molecule has 1 fully saturated rings. The van der Waals surface area contributed by atoms with Crippen molar-refractivity contribution in [3.05, 3.63) is 23.9 Å². The Morgan fingerprint density at radius 1 is 1.35 bits per heavy atom. The minimum Gasteiger partial charge on any atom is -0.474 e. The van der Waals surface area contributed by atoms with Crippen LogP contribution in [-0.4, -0.2) is 23.6 Å². The molecule has 0 spiro atoms. The third-order valence-electron chi connectivity index (χ3n) is 4.19. The molecule has 0 atom stereocenters. The highest BCUT2D eigenvalue weighted by Crippen LogP contribution is 2.25. The summed E-state index contributed by atoms with van der Waals surface area (Å²) >= 11 is 0. The van der Waals surface area contributed by atoms with Gasteiger partial charge in [-0.3, -0.25) is 0 Å². The van der Waals surface area contributed by atoms with Crippen molar-refractivity contribution in [2.24, 2.45) is 10.7 Å². The Hall–Kier alpha value is -1.78. The predicted octanol–water partition coefficient (Wildman–Crippen LogP) is 3.39. The molecule has 3 N–H and O–H groups in total. The van der Waals surface area contributed by atoms with Crippen molar-refractivity contribution in [2.45, 2.75) is 70.9 Å². The zero-order valence-electron chi connectivity index (χ0n) is 14.3. The summed E-state index contributed by atoms with van der Waals surface area (Å²) in [6, 6.07) is 3.93. The Balaban J connectivity index is 1.80. The Morgan fingerprint density at radius 3 is 2.96 bits per heavy atom. The molecule has 0 saturated heterocycles. The van der Waals surface area contributed by atoms with Gasteiger partial charge in [0, 0.05) is 18.3 Å². The quantitative estimate of drug-likeness (QED) is 0.416. The van der Waals surface area contributed by atoms with Gasteiger partial charge in [-0.15, -0.1) is 0 Å². The van der Waals surface area contributed by atoms with Gasteiger partial charge in [-0.1, -0.05) is 32.3 Å². The molecule has 2 rings (SSSR count). The van der Waals surface area contributed by atoms with E-state index in [9.17, 15) is 0 Å². The molecule has 1 saturated carbocycles. The van der Waals surface area contributed by atoms with Crippen molar-refractivity contribution in [2.75, 3.05) is 6.54 Å². The molecule has 23 heavy (non-hydrogen) atoms. The summed E-state index contributed by atoms with van der Waals surface area (Å²) in [5.74, 6) is 1.20. The third-order valence-corrected chi connectivity index (χ3v) is 4.19. The van der Waals surface area contributed by atoms with Gasteiger partial charge in [-0.05, 0) is 38.2 Å². The third kappa shape index (κ3) is 6.47. The van der Waals surface area contributed by atoms with Crippen molar-refractivity contribution in [1.29, 1.82) is 0 Å². The van der Waals surface area contributed by atoms with E-state index in [2.05, 4.69) is 22.2 Å². The van der Waals surface area contributed by atoms with E-state index in [4.69, 9.17) is 10.5 Å². The largest absolute Gasteiger partial charge is 0.474 e. The summed E-state index contributed by atoms with van der Waals surface area (Å²) in [4.78, 5) is 8.77. The van der Waals surface area contributed by atoms with Crippen LogP contribution in [0.5, 0.6) is 5.88 Å². The number of aliphatic imine (C=N–C) groups is 1. The van der Waals surface area contributed by atoms with Crippen LogP contribution < -0.4 is 15.8 Å². The molecule has 0 amide bonds. The summed E-state index contributed by atoms with van der Waals surface area (Å²) in [7, 11) is 0. The Morgan fingerprint density at radius 2 is 2.17 bits per heavy atom. The first-order valence-electron chi connectivity index (χ1n) is 8.94. The summed E-state index contributed by atoms with van der Waals surface area (Å²) in [5.41, 5.74) is 6.92. The number of aromatic nitrogens is 1. The van der Waals surface area contributed by atoms with E-state index in [0.29, 0.717) is 24.5 Å². The first kappa shape index (κ1) is 17.6. The summed E-state index contributed by atoms with van der Waals surface area (Å²) in [6.07, 6.45) is 11.7. The number of pyridine rings is 1. The van der Waals surface area contributed by atoms with Crippen molar-refractivity contribution in [1.82, 2.24) is 10.3 Å². The van der Waals surface area contributed by atoms with Gasteiger partial charge in [0.2, 0.25) is 5.88 Å². The van der Waals surface area contributed by atoms with E-state index in [1.165, 1.54) is 32.1 Å². The second-order valence-electron chi connectivity index (χ2n) is 6.18. The molecular weight excluding hydrogens is 288 g/mol. The molecule has 1 aromatic heterocycles. The SMILES string of the molecule is CCCCCCNC(N)=NCc1cccnc1OC1CCCC1. The standard InChI is InChI=1S/C18H30N4O/c1-2-3-4-7-12-21-18(19)22-14-15-9-8-13-20-17(15)23-16-10-5-6-11-16/h8-9,13,16H,2-7,10-12,14H2,1H3,(H3,19,21,22). The van der Waals surface area contributed by atoms with E-state index in [1.807, 2.05) is 12.1 Å². The molecule has 0 unspecified atom stereocenters. The summed E-state index contributed by atoms with van der Waals surface area (Å²) in [6.45, 7) is 3.60. The molecule has 1 aliphatic carbocycles. The van der Waals surface area contributed by atoms with Crippen LogP contribution in [0.4, 0.5) is 0 Å². The number of unbranched alkanes of at least 4 members (excludes halogenated alkanes) is 3. The molecule has 1 heterocycles. The predicted molar refractivity (Wildman–Crippen MR) is 94.6 cm³/mol. The number of hydrogen-bond acceptors (Lipinski definition) is 3. The van der Waals surface area contributed by atoms with Gasteiger partial charge < -0.3 is 15.8 Å². The number of rotatable bonds is 9. The number of guanidine groups is 1. The first-order chi connectivity index (χ1) is 11.3. The van der Waals surface area contributed by atoms with Crippen LogP contribution in [-0.2, 0) is 6.54 Å². The monoisotopic (exact) mass is 318 g/mol. The molecule has 128 valence electrons. The molecule has 1 aliphatic rings. The Bertz CT molecular complexity index is 484. The van der Waals surface area contributed by atoms with Crippen LogP contribution >= 0.6 is 0 Å². The van der Waals surface area contributed by atoms with Crippen LogP contribution in [0.3, 0.4) is 0 Å². The lowest BCUT2D eigenvalue weighted by atomic mass is 10.2. The number of hydrogen-bond donors (Lipinski definition) is 2. The fourth-order valence-corrected chi connectivity index (χ4v) is 2.81. The highest BCUT2D eigenvalue weighted by Gasteiger charge is 2.18. The molecule has 1 aromatic rings. The van der Waals surface area contributed by atoms with Crippen LogP contribution in [0.2, 0.25) is 0 Å². The van der Waals surface area contributed by atoms with Gasteiger partial charge in [0.1, 0.15) is 6.10 Å². The summed E-state index contributed by atoms with van der Waals surface area (Å²) < 4.78 is 6.02. The number of nitrogens with one attached hydrogen (secondary N) is 1. The molecule has 5 nitrogen and oxygen atoms in total. The lowest BCUT2D eigenvalue weighted by Crippen LogP contribution is -2.32. The fraction of sp³-hybridized carbons (Fsp3) is 0.667. The second kappa shape index (κ2) is 10.1.